The molecule has 4 nitrogen and oxygen atoms in total. The van der Waals surface area contributed by atoms with Gasteiger partial charge in [0.15, 0.2) is 17.5 Å². The van der Waals surface area contributed by atoms with Crippen molar-refractivity contribution in [1.29, 1.82) is 0 Å². The third-order valence-corrected chi connectivity index (χ3v) is 2.52. The molecule has 1 aromatic carbocycles. The molecule has 2 aromatic rings. The predicted molar refractivity (Wildman–Crippen MR) is 59.3 cm³/mol. The number of nitrogens with two attached hydrogens (primary N) is 1. The molecule has 6 heteroatoms. The number of halogens is 2. The minimum atomic E-state index is -0.867. The first kappa shape index (κ1) is 11.5. The second-order valence-electron chi connectivity index (χ2n) is 3.68. The van der Waals surface area contributed by atoms with Gasteiger partial charge in [0.2, 0.25) is 0 Å². The molecule has 0 bridgehead atoms. The van der Waals surface area contributed by atoms with Gasteiger partial charge in [-0.3, -0.25) is 0 Å². The van der Waals surface area contributed by atoms with Gasteiger partial charge in [-0.15, -0.1) is 5.10 Å². The van der Waals surface area contributed by atoms with E-state index in [0.29, 0.717) is 24.3 Å². The SMILES string of the molecule is CCc1c(N)nnn1Cc1ccc(F)c(F)c1. The fraction of sp³-hybridized carbons (Fsp3) is 0.273. The van der Waals surface area contributed by atoms with Gasteiger partial charge >= 0.3 is 0 Å². The average molecular weight is 238 g/mol. The Bertz CT molecular complexity index is 536. The minimum Gasteiger partial charge on any atom is -0.381 e. The summed E-state index contributed by atoms with van der Waals surface area (Å²) in [4.78, 5) is 0. The number of aromatic nitrogens is 3. The zero-order valence-electron chi connectivity index (χ0n) is 9.32. The number of anilines is 1. The maximum absolute atomic E-state index is 13.0. The van der Waals surface area contributed by atoms with Crippen molar-refractivity contribution in [2.75, 3.05) is 5.73 Å². The Hall–Kier alpha value is -1.98. The summed E-state index contributed by atoms with van der Waals surface area (Å²) in [6.45, 7) is 2.25. The predicted octanol–water partition coefficient (Wildman–Crippen LogP) is 1.75. The molecule has 0 amide bonds. The van der Waals surface area contributed by atoms with Crippen LogP contribution >= 0.6 is 0 Å². The van der Waals surface area contributed by atoms with Crippen LogP contribution in [0.15, 0.2) is 18.2 Å². The van der Waals surface area contributed by atoms with Crippen LogP contribution in [0.5, 0.6) is 0 Å². The summed E-state index contributed by atoms with van der Waals surface area (Å²) in [5.74, 6) is -1.36. The van der Waals surface area contributed by atoms with E-state index in [2.05, 4.69) is 10.3 Å². The maximum atomic E-state index is 13.0. The van der Waals surface area contributed by atoms with Crippen molar-refractivity contribution in [3.05, 3.63) is 41.1 Å². The molecule has 0 spiro atoms. The average Bonchev–Trinajstić information content (AvgIpc) is 2.64. The molecule has 1 aromatic heterocycles. The van der Waals surface area contributed by atoms with Crippen LogP contribution in [-0.4, -0.2) is 15.0 Å². The summed E-state index contributed by atoms with van der Waals surface area (Å²) in [6.07, 6.45) is 0.683. The first-order valence-corrected chi connectivity index (χ1v) is 5.23. The van der Waals surface area contributed by atoms with E-state index in [9.17, 15) is 8.78 Å². The normalized spacial score (nSPS) is 10.8. The Labute approximate surface area is 97.0 Å². The highest BCUT2D eigenvalue weighted by Crippen LogP contribution is 2.13. The van der Waals surface area contributed by atoms with Gasteiger partial charge in [-0.05, 0) is 24.1 Å². The Morgan fingerprint density at radius 1 is 1.29 bits per heavy atom. The molecule has 90 valence electrons. The van der Waals surface area contributed by atoms with E-state index >= 15 is 0 Å². The molecule has 1 heterocycles. The van der Waals surface area contributed by atoms with Crippen LogP contribution in [0, 0.1) is 11.6 Å². The Morgan fingerprint density at radius 2 is 2.06 bits per heavy atom. The summed E-state index contributed by atoms with van der Waals surface area (Å²) in [6, 6.07) is 3.75. The number of hydrogen-bond donors (Lipinski definition) is 1. The largest absolute Gasteiger partial charge is 0.381 e. The number of nitrogens with zero attached hydrogens (tertiary/aromatic N) is 3. The summed E-state index contributed by atoms with van der Waals surface area (Å²) in [7, 11) is 0. The van der Waals surface area contributed by atoms with E-state index in [0.717, 1.165) is 17.8 Å². The molecule has 0 aliphatic rings. The van der Waals surface area contributed by atoms with E-state index < -0.39 is 11.6 Å². The number of nitrogen functional groups attached to an aromatic ring is 1. The first-order chi connectivity index (χ1) is 8.11. The zero-order chi connectivity index (χ0) is 12.4. The van der Waals surface area contributed by atoms with Crippen LogP contribution in [0.2, 0.25) is 0 Å². The summed E-state index contributed by atoms with van der Waals surface area (Å²) in [5, 5.41) is 7.61. The number of benzene rings is 1. The topological polar surface area (TPSA) is 56.7 Å². The molecule has 0 fully saturated rings. The highest BCUT2D eigenvalue weighted by Gasteiger charge is 2.09. The van der Waals surface area contributed by atoms with E-state index in [1.807, 2.05) is 6.92 Å². The minimum absolute atomic E-state index is 0.324. The van der Waals surface area contributed by atoms with Gasteiger partial charge in [0.05, 0.1) is 12.2 Å². The molecule has 2 rings (SSSR count). The second kappa shape index (κ2) is 4.48. The highest BCUT2D eigenvalue weighted by atomic mass is 19.2. The highest BCUT2D eigenvalue weighted by molar-refractivity contribution is 5.33. The van der Waals surface area contributed by atoms with Crippen LogP contribution in [0.1, 0.15) is 18.2 Å². The van der Waals surface area contributed by atoms with Crippen LogP contribution in [0.25, 0.3) is 0 Å². The lowest BCUT2D eigenvalue weighted by molar-refractivity contribution is 0.505. The summed E-state index contributed by atoms with van der Waals surface area (Å²) < 4.78 is 27.4. The standard InChI is InChI=1S/C11H12F2N4/c1-2-10-11(14)15-16-17(10)6-7-3-4-8(12)9(13)5-7/h3-5H,2,6,14H2,1H3. The van der Waals surface area contributed by atoms with E-state index in [1.54, 1.807) is 4.68 Å². The van der Waals surface area contributed by atoms with Crippen molar-refractivity contribution < 1.29 is 8.78 Å². The van der Waals surface area contributed by atoms with Gasteiger partial charge in [-0.1, -0.05) is 18.2 Å². The molecule has 0 aliphatic heterocycles. The third-order valence-electron chi connectivity index (χ3n) is 2.52. The molecule has 0 radical (unpaired) electrons. The van der Waals surface area contributed by atoms with Crippen molar-refractivity contribution in [1.82, 2.24) is 15.0 Å². The summed E-state index contributed by atoms with van der Waals surface area (Å²) in [5.41, 5.74) is 7.03. The van der Waals surface area contributed by atoms with Gasteiger partial charge in [-0.25, -0.2) is 13.5 Å². The Morgan fingerprint density at radius 3 is 2.71 bits per heavy atom. The van der Waals surface area contributed by atoms with Crippen molar-refractivity contribution in [3.63, 3.8) is 0 Å². The van der Waals surface area contributed by atoms with Crippen LogP contribution in [0.4, 0.5) is 14.6 Å². The van der Waals surface area contributed by atoms with Crippen molar-refractivity contribution in [3.8, 4) is 0 Å². The lowest BCUT2D eigenvalue weighted by Crippen LogP contribution is -2.07. The van der Waals surface area contributed by atoms with Crippen LogP contribution in [0.3, 0.4) is 0 Å². The summed E-state index contributed by atoms with van der Waals surface area (Å²) >= 11 is 0. The lowest BCUT2D eigenvalue weighted by Gasteiger charge is -2.05. The first-order valence-electron chi connectivity index (χ1n) is 5.23. The van der Waals surface area contributed by atoms with Gasteiger partial charge in [0, 0.05) is 0 Å². The second-order valence-corrected chi connectivity index (χ2v) is 3.68. The molecule has 0 saturated heterocycles. The number of rotatable bonds is 3. The lowest BCUT2D eigenvalue weighted by atomic mass is 10.2. The monoisotopic (exact) mass is 238 g/mol. The molecule has 0 atom stereocenters. The van der Waals surface area contributed by atoms with Crippen molar-refractivity contribution >= 4 is 5.82 Å². The smallest absolute Gasteiger partial charge is 0.169 e. The Balaban J connectivity index is 2.28. The quantitative estimate of drug-likeness (QED) is 0.886. The maximum Gasteiger partial charge on any atom is 0.169 e. The molecular formula is C11H12F2N4. The molecule has 0 saturated carbocycles. The molecule has 17 heavy (non-hydrogen) atoms. The van der Waals surface area contributed by atoms with Gasteiger partial charge < -0.3 is 5.73 Å². The van der Waals surface area contributed by atoms with E-state index in [-0.39, 0.29) is 0 Å². The van der Waals surface area contributed by atoms with Crippen molar-refractivity contribution in [2.24, 2.45) is 0 Å². The van der Waals surface area contributed by atoms with E-state index in [4.69, 9.17) is 5.73 Å². The fourth-order valence-electron chi connectivity index (χ4n) is 1.65. The van der Waals surface area contributed by atoms with Gasteiger partial charge in [-0.2, -0.15) is 0 Å². The Kier molecular flexibility index (Phi) is 3.03. The fourth-order valence-corrected chi connectivity index (χ4v) is 1.65. The molecule has 0 unspecified atom stereocenters. The van der Waals surface area contributed by atoms with Gasteiger partial charge in [0.25, 0.3) is 0 Å². The number of hydrogen-bond acceptors (Lipinski definition) is 3. The van der Waals surface area contributed by atoms with Gasteiger partial charge in [0.1, 0.15) is 0 Å². The van der Waals surface area contributed by atoms with Crippen LogP contribution in [-0.2, 0) is 13.0 Å². The van der Waals surface area contributed by atoms with E-state index in [1.165, 1.54) is 6.07 Å². The van der Waals surface area contributed by atoms with Crippen LogP contribution < -0.4 is 5.73 Å². The molecule has 2 N–H and O–H groups in total. The van der Waals surface area contributed by atoms with Crippen molar-refractivity contribution in [2.45, 2.75) is 19.9 Å². The third kappa shape index (κ3) is 2.25. The molecular weight excluding hydrogens is 226 g/mol. The zero-order valence-corrected chi connectivity index (χ0v) is 9.32. The molecule has 0 aliphatic carbocycles.